The van der Waals surface area contributed by atoms with Crippen LogP contribution >= 0.6 is 11.6 Å². The van der Waals surface area contributed by atoms with E-state index < -0.39 is 5.91 Å². The molecule has 5 nitrogen and oxygen atoms in total. The summed E-state index contributed by atoms with van der Waals surface area (Å²) in [5.74, 6) is -0.105. The van der Waals surface area contributed by atoms with Crippen molar-refractivity contribution < 1.29 is 9.53 Å². The van der Waals surface area contributed by atoms with Crippen LogP contribution in [0.5, 0.6) is 5.75 Å². The number of ether oxygens (including phenoxy) is 1. The summed E-state index contributed by atoms with van der Waals surface area (Å²) in [7, 11) is 0. The monoisotopic (exact) mass is 255 g/mol. The van der Waals surface area contributed by atoms with E-state index in [2.05, 4.69) is 10.3 Å². The predicted molar refractivity (Wildman–Crippen MR) is 64.3 cm³/mol. The number of nitrogens with zero attached hydrogens (tertiary/aromatic N) is 1. The molecule has 0 aromatic carbocycles. The molecule has 1 aliphatic heterocycles. The van der Waals surface area contributed by atoms with Gasteiger partial charge in [-0.15, -0.1) is 0 Å². The van der Waals surface area contributed by atoms with Crippen molar-refractivity contribution in [2.75, 3.05) is 6.54 Å². The number of pyridine rings is 1. The predicted octanol–water partition coefficient (Wildman–Crippen LogP) is 0.963. The second kappa shape index (κ2) is 4.89. The van der Waals surface area contributed by atoms with Gasteiger partial charge in [-0.1, -0.05) is 11.6 Å². The average molecular weight is 256 g/mol. The number of primary amides is 1. The summed E-state index contributed by atoms with van der Waals surface area (Å²) in [6.45, 7) is 2.99. The molecule has 1 aromatic rings. The van der Waals surface area contributed by atoms with E-state index in [1.807, 2.05) is 6.92 Å². The SMILES string of the molecule is CC(Oc1cnc(Cl)c(C(N)=O)c1)[C@@H]1CCN1. The minimum absolute atomic E-state index is 0.0208. The van der Waals surface area contributed by atoms with E-state index in [0.29, 0.717) is 11.8 Å². The fourth-order valence-corrected chi connectivity index (χ4v) is 1.87. The highest BCUT2D eigenvalue weighted by Gasteiger charge is 2.24. The normalized spacial score (nSPS) is 20.5. The van der Waals surface area contributed by atoms with Crippen LogP contribution in [0, 0.1) is 0 Å². The molecule has 1 unspecified atom stereocenters. The van der Waals surface area contributed by atoms with Gasteiger partial charge in [0, 0.05) is 6.04 Å². The van der Waals surface area contributed by atoms with Crippen molar-refractivity contribution in [2.24, 2.45) is 5.73 Å². The molecule has 0 spiro atoms. The Morgan fingerprint density at radius 2 is 2.47 bits per heavy atom. The Labute approximate surface area is 104 Å². The van der Waals surface area contributed by atoms with Crippen LogP contribution in [0.4, 0.5) is 0 Å². The lowest BCUT2D eigenvalue weighted by molar-refractivity contribution is 0.0998. The number of carbonyl (C=O) groups excluding carboxylic acids is 1. The molecule has 0 saturated carbocycles. The summed E-state index contributed by atoms with van der Waals surface area (Å²) in [4.78, 5) is 15.0. The molecule has 0 bridgehead atoms. The Morgan fingerprint density at radius 1 is 1.76 bits per heavy atom. The lowest BCUT2D eigenvalue weighted by Gasteiger charge is -2.33. The second-order valence-corrected chi connectivity index (χ2v) is 4.40. The van der Waals surface area contributed by atoms with Crippen molar-refractivity contribution in [3.05, 3.63) is 23.0 Å². The van der Waals surface area contributed by atoms with Gasteiger partial charge in [0.2, 0.25) is 0 Å². The fraction of sp³-hybridized carbons (Fsp3) is 0.455. The summed E-state index contributed by atoms with van der Waals surface area (Å²) in [6.07, 6.45) is 2.60. The standard InChI is InChI=1S/C11H14ClN3O2/c1-6(9-2-3-14-9)17-7-4-8(11(13)16)10(12)15-5-7/h4-6,9,14H,2-3H2,1H3,(H2,13,16)/t6?,9-/m0/s1. The molecule has 1 fully saturated rings. The van der Waals surface area contributed by atoms with Crippen LogP contribution in [0.3, 0.4) is 0 Å². The smallest absolute Gasteiger partial charge is 0.251 e. The first-order valence-corrected chi connectivity index (χ1v) is 5.81. The van der Waals surface area contributed by atoms with Gasteiger partial charge in [0.25, 0.3) is 5.91 Å². The summed E-state index contributed by atoms with van der Waals surface area (Å²) < 4.78 is 5.67. The van der Waals surface area contributed by atoms with Crippen molar-refractivity contribution in [2.45, 2.75) is 25.5 Å². The molecular weight excluding hydrogens is 242 g/mol. The molecule has 1 saturated heterocycles. The van der Waals surface area contributed by atoms with Crippen molar-refractivity contribution in [3.63, 3.8) is 0 Å². The van der Waals surface area contributed by atoms with Gasteiger partial charge in [0.05, 0.1) is 11.8 Å². The van der Waals surface area contributed by atoms with Crippen molar-refractivity contribution in [1.82, 2.24) is 10.3 Å². The highest BCUT2D eigenvalue weighted by molar-refractivity contribution is 6.32. The van der Waals surface area contributed by atoms with Gasteiger partial charge in [0.15, 0.2) is 0 Å². The number of nitrogens with one attached hydrogen (secondary N) is 1. The first kappa shape index (κ1) is 12.1. The van der Waals surface area contributed by atoms with Gasteiger partial charge in [-0.3, -0.25) is 4.79 Å². The third kappa shape index (κ3) is 2.68. The molecular formula is C11H14ClN3O2. The maximum atomic E-state index is 11.1. The van der Waals surface area contributed by atoms with Crippen LogP contribution in [0.1, 0.15) is 23.7 Å². The Morgan fingerprint density at radius 3 is 3.00 bits per heavy atom. The number of halogens is 1. The van der Waals surface area contributed by atoms with E-state index in [0.717, 1.165) is 13.0 Å². The van der Waals surface area contributed by atoms with Gasteiger partial charge in [-0.05, 0) is 26.0 Å². The van der Waals surface area contributed by atoms with Crippen LogP contribution in [0.2, 0.25) is 5.15 Å². The lowest BCUT2D eigenvalue weighted by Crippen LogP contribution is -2.51. The van der Waals surface area contributed by atoms with Crippen LogP contribution in [0.25, 0.3) is 0 Å². The highest BCUT2D eigenvalue weighted by atomic mass is 35.5. The zero-order valence-corrected chi connectivity index (χ0v) is 10.2. The molecule has 17 heavy (non-hydrogen) atoms. The lowest BCUT2D eigenvalue weighted by atomic mass is 10.0. The summed E-state index contributed by atoms with van der Waals surface area (Å²) >= 11 is 5.75. The first-order valence-electron chi connectivity index (χ1n) is 5.43. The molecule has 92 valence electrons. The van der Waals surface area contributed by atoms with Gasteiger partial charge in [-0.25, -0.2) is 4.98 Å². The topological polar surface area (TPSA) is 77.2 Å². The van der Waals surface area contributed by atoms with Crippen molar-refractivity contribution >= 4 is 17.5 Å². The largest absolute Gasteiger partial charge is 0.487 e. The second-order valence-electron chi connectivity index (χ2n) is 4.05. The summed E-state index contributed by atoms with van der Waals surface area (Å²) in [5, 5.41) is 3.35. The van der Waals surface area contributed by atoms with E-state index >= 15 is 0 Å². The van der Waals surface area contributed by atoms with E-state index in [4.69, 9.17) is 22.1 Å². The zero-order chi connectivity index (χ0) is 12.4. The molecule has 0 radical (unpaired) electrons. The van der Waals surface area contributed by atoms with Gasteiger partial charge in [-0.2, -0.15) is 0 Å². The molecule has 2 atom stereocenters. The van der Waals surface area contributed by atoms with Crippen LogP contribution in [-0.4, -0.2) is 29.6 Å². The van der Waals surface area contributed by atoms with Crippen LogP contribution < -0.4 is 15.8 Å². The Balaban J connectivity index is 2.10. The minimum Gasteiger partial charge on any atom is -0.487 e. The third-order valence-corrected chi connectivity index (χ3v) is 3.13. The van der Waals surface area contributed by atoms with Crippen LogP contribution in [-0.2, 0) is 0 Å². The Bertz CT molecular complexity index is 435. The highest BCUT2D eigenvalue weighted by Crippen LogP contribution is 2.21. The third-order valence-electron chi connectivity index (χ3n) is 2.83. The first-order chi connectivity index (χ1) is 8.08. The molecule has 6 heteroatoms. The summed E-state index contributed by atoms with van der Waals surface area (Å²) in [6, 6.07) is 1.87. The molecule has 2 rings (SSSR count). The molecule has 2 heterocycles. The van der Waals surface area contributed by atoms with Gasteiger partial charge >= 0.3 is 0 Å². The zero-order valence-electron chi connectivity index (χ0n) is 9.44. The number of carbonyl (C=O) groups is 1. The molecule has 1 aromatic heterocycles. The van der Waals surface area contributed by atoms with E-state index in [9.17, 15) is 4.79 Å². The number of rotatable bonds is 4. The van der Waals surface area contributed by atoms with Crippen molar-refractivity contribution in [1.29, 1.82) is 0 Å². The van der Waals surface area contributed by atoms with Gasteiger partial charge in [0.1, 0.15) is 17.0 Å². The molecule has 1 aliphatic rings. The Hall–Kier alpha value is -1.33. The van der Waals surface area contributed by atoms with E-state index in [1.165, 1.54) is 12.3 Å². The number of hydrogen-bond donors (Lipinski definition) is 2. The van der Waals surface area contributed by atoms with Gasteiger partial charge < -0.3 is 15.8 Å². The molecule has 0 aliphatic carbocycles. The summed E-state index contributed by atoms with van der Waals surface area (Å²) in [5.41, 5.74) is 5.36. The molecule has 1 amide bonds. The number of aromatic nitrogens is 1. The number of hydrogen-bond acceptors (Lipinski definition) is 4. The minimum atomic E-state index is -0.609. The maximum Gasteiger partial charge on any atom is 0.251 e. The number of amides is 1. The number of nitrogens with two attached hydrogens (primary N) is 1. The Kier molecular flexibility index (Phi) is 3.49. The maximum absolute atomic E-state index is 11.1. The quantitative estimate of drug-likeness (QED) is 0.786. The average Bonchev–Trinajstić information content (AvgIpc) is 2.17. The fourth-order valence-electron chi connectivity index (χ4n) is 1.67. The van der Waals surface area contributed by atoms with E-state index in [-0.39, 0.29) is 16.8 Å². The van der Waals surface area contributed by atoms with Crippen molar-refractivity contribution in [3.8, 4) is 5.75 Å². The van der Waals surface area contributed by atoms with Crippen LogP contribution in [0.15, 0.2) is 12.3 Å². The molecule has 3 N–H and O–H groups in total. The van der Waals surface area contributed by atoms with E-state index in [1.54, 1.807) is 0 Å².